The number of nitrogens with zero attached hydrogens (tertiary/aromatic N) is 1. The topological polar surface area (TPSA) is 121 Å². The number of carbonyl (C=O) groups is 3. The summed E-state index contributed by atoms with van der Waals surface area (Å²) < 4.78 is 0. The molecule has 0 aromatic carbocycles. The number of carboxylic acids is 2. The smallest absolute Gasteiger partial charge is 0.323 e. The average molecular weight is 326 g/mol. The van der Waals surface area contributed by atoms with E-state index >= 15 is 0 Å². The molecule has 22 heavy (non-hydrogen) atoms. The van der Waals surface area contributed by atoms with E-state index in [9.17, 15) is 14.4 Å². The highest BCUT2D eigenvalue weighted by Crippen LogP contribution is 2.40. The molecule has 4 N–H and O–H groups in total. The third-order valence-electron chi connectivity index (χ3n) is 3.61. The zero-order chi connectivity index (χ0) is 16.3. The fourth-order valence-electron chi connectivity index (χ4n) is 2.67. The molecule has 1 aromatic heterocycles. The lowest BCUT2D eigenvalue weighted by Crippen LogP contribution is -2.33. The largest absolute Gasteiger partial charge is 0.481 e. The highest BCUT2D eigenvalue weighted by molar-refractivity contribution is 7.16. The number of aryl methyl sites for hydroxylation is 1. The molecular weight excluding hydrogens is 308 g/mol. The third kappa shape index (κ3) is 3.56. The monoisotopic (exact) mass is 326 g/mol. The maximum atomic E-state index is 11.8. The van der Waals surface area contributed by atoms with Gasteiger partial charge < -0.3 is 20.8 Å². The Bertz CT molecular complexity index is 611. The van der Waals surface area contributed by atoms with Crippen molar-refractivity contribution in [1.82, 2.24) is 0 Å². The van der Waals surface area contributed by atoms with Gasteiger partial charge in [-0.05, 0) is 31.2 Å². The number of hydrogen-bond donors (Lipinski definition) is 3. The van der Waals surface area contributed by atoms with Crippen LogP contribution in [0.15, 0.2) is 0 Å². The first-order valence-electron chi connectivity index (χ1n) is 7.03. The predicted octanol–water partition coefficient (Wildman–Crippen LogP) is 1.09. The summed E-state index contributed by atoms with van der Waals surface area (Å²) in [5.41, 5.74) is 6.76. The first kappa shape index (κ1) is 16.3. The molecule has 0 saturated heterocycles. The van der Waals surface area contributed by atoms with Gasteiger partial charge in [-0.3, -0.25) is 14.4 Å². The van der Waals surface area contributed by atoms with Crippen LogP contribution in [0.4, 0.5) is 5.00 Å². The molecule has 0 fully saturated rings. The SMILES string of the molecule is NC(=O)c1c(N(CCC(=O)O)CC(=O)O)sc2c1CCCC2. The molecule has 1 heterocycles. The van der Waals surface area contributed by atoms with E-state index in [0.717, 1.165) is 36.1 Å². The molecule has 1 aliphatic rings. The molecule has 7 nitrogen and oxygen atoms in total. The van der Waals surface area contributed by atoms with Crippen molar-refractivity contribution in [3.8, 4) is 0 Å². The van der Waals surface area contributed by atoms with E-state index in [-0.39, 0.29) is 19.5 Å². The Morgan fingerprint density at radius 1 is 1.14 bits per heavy atom. The van der Waals surface area contributed by atoms with Crippen molar-refractivity contribution in [2.45, 2.75) is 32.1 Å². The second kappa shape index (κ2) is 6.78. The van der Waals surface area contributed by atoms with Gasteiger partial charge in [-0.1, -0.05) is 0 Å². The van der Waals surface area contributed by atoms with Gasteiger partial charge in [0.05, 0.1) is 12.0 Å². The number of primary amides is 1. The van der Waals surface area contributed by atoms with E-state index in [2.05, 4.69) is 0 Å². The van der Waals surface area contributed by atoms with Crippen LogP contribution in [0.2, 0.25) is 0 Å². The normalized spacial score (nSPS) is 13.5. The van der Waals surface area contributed by atoms with Crippen LogP contribution in [0.3, 0.4) is 0 Å². The van der Waals surface area contributed by atoms with Gasteiger partial charge in [0, 0.05) is 11.4 Å². The second-order valence-corrected chi connectivity index (χ2v) is 6.30. The molecule has 0 spiro atoms. The first-order chi connectivity index (χ1) is 10.4. The summed E-state index contributed by atoms with van der Waals surface area (Å²) in [4.78, 5) is 36.1. The maximum absolute atomic E-state index is 11.8. The van der Waals surface area contributed by atoms with Crippen molar-refractivity contribution in [1.29, 1.82) is 0 Å². The minimum atomic E-state index is -1.08. The van der Waals surface area contributed by atoms with E-state index in [0.29, 0.717) is 10.6 Å². The minimum absolute atomic E-state index is 0.0291. The van der Waals surface area contributed by atoms with Crippen LogP contribution >= 0.6 is 11.3 Å². The Morgan fingerprint density at radius 2 is 1.82 bits per heavy atom. The third-order valence-corrected chi connectivity index (χ3v) is 4.96. The van der Waals surface area contributed by atoms with Gasteiger partial charge in [-0.15, -0.1) is 11.3 Å². The van der Waals surface area contributed by atoms with Crippen LogP contribution in [0.25, 0.3) is 0 Å². The van der Waals surface area contributed by atoms with Crippen molar-refractivity contribution in [2.24, 2.45) is 5.73 Å². The highest BCUT2D eigenvalue weighted by atomic mass is 32.1. The molecule has 1 amide bonds. The second-order valence-electron chi connectivity index (χ2n) is 5.21. The number of aliphatic carboxylic acids is 2. The fourth-order valence-corrected chi connectivity index (χ4v) is 4.09. The quantitative estimate of drug-likeness (QED) is 0.689. The highest BCUT2D eigenvalue weighted by Gasteiger charge is 2.27. The van der Waals surface area contributed by atoms with Gasteiger partial charge in [0.15, 0.2) is 0 Å². The molecule has 0 atom stereocenters. The zero-order valence-corrected chi connectivity index (χ0v) is 12.8. The Balaban J connectivity index is 2.40. The Morgan fingerprint density at radius 3 is 2.41 bits per heavy atom. The fraction of sp³-hybridized carbons (Fsp3) is 0.500. The van der Waals surface area contributed by atoms with E-state index in [1.54, 1.807) is 0 Å². The molecule has 0 aliphatic heterocycles. The molecular formula is C14H18N2O5S. The van der Waals surface area contributed by atoms with Crippen LogP contribution in [0.5, 0.6) is 0 Å². The summed E-state index contributed by atoms with van der Waals surface area (Å²) in [5.74, 6) is -2.68. The summed E-state index contributed by atoms with van der Waals surface area (Å²) in [7, 11) is 0. The van der Waals surface area contributed by atoms with Gasteiger partial charge >= 0.3 is 11.9 Å². The number of carboxylic acid groups (broad SMARTS) is 2. The summed E-state index contributed by atoms with van der Waals surface area (Å²) in [6.07, 6.45) is 3.40. The molecule has 120 valence electrons. The molecule has 1 aliphatic carbocycles. The van der Waals surface area contributed by atoms with Crippen molar-refractivity contribution in [3.05, 3.63) is 16.0 Å². The summed E-state index contributed by atoms with van der Waals surface area (Å²) >= 11 is 1.36. The number of hydrogen-bond acceptors (Lipinski definition) is 5. The number of amides is 1. The lowest BCUT2D eigenvalue weighted by molar-refractivity contribution is -0.138. The summed E-state index contributed by atoms with van der Waals surface area (Å²) in [6.45, 7) is -0.325. The molecule has 1 aromatic rings. The van der Waals surface area contributed by atoms with E-state index < -0.39 is 17.8 Å². The number of anilines is 1. The van der Waals surface area contributed by atoms with Gasteiger partial charge in [0.1, 0.15) is 11.5 Å². The predicted molar refractivity (Wildman–Crippen MR) is 81.6 cm³/mol. The summed E-state index contributed by atoms with van der Waals surface area (Å²) in [5, 5.41) is 18.4. The Hall–Kier alpha value is -2.09. The Kier molecular flexibility index (Phi) is 5.02. The van der Waals surface area contributed by atoms with Crippen molar-refractivity contribution in [2.75, 3.05) is 18.0 Å². The van der Waals surface area contributed by atoms with Gasteiger partial charge in [0.2, 0.25) is 0 Å². The molecule has 0 bridgehead atoms. The number of fused-ring (bicyclic) bond motifs is 1. The first-order valence-corrected chi connectivity index (χ1v) is 7.84. The number of rotatable bonds is 7. The molecule has 2 rings (SSSR count). The molecule has 8 heteroatoms. The van der Waals surface area contributed by atoms with Crippen molar-refractivity contribution in [3.63, 3.8) is 0 Å². The van der Waals surface area contributed by atoms with Crippen LogP contribution in [-0.2, 0) is 22.4 Å². The number of carbonyl (C=O) groups excluding carboxylic acids is 1. The molecule has 0 radical (unpaired) electrons. The van der Waals surface area contributed by atoms with Crippen LogP contribution < -0.4 is 10.6 Å². The Labute approximate surface area is 131 Å². The van der Waals surface area contributed by atoms with Gasteiger partial charge in [-0.25, -0.2) is 0 Å². The van der Waals surface area contributed by atoms with E-state index in [4.69, 9.17) is 15.9 Å². The van der Waals surface area contributed by atoms with Crippen LogP contribution in [0, 0.1) is 0 Å². The zero-order valence-electron chi connectivity index (χ0n) is 12.0. The van der Waals surface area contributed by atoms with E-state index in [1.165, 1.54) is 16.2 Å². The summed E-state index contributed by atoms with van der Waals surface area (Å²) in [6, 6.07) is 0. The van der Waals surface area contributed by atoms with E-state index in [1.807, 2.05) is 0 Å². The van der Waals surface area contributed by atoms with Crippen LogP contribution in [0.1, 0.15) is 40.1 Å². The van der Waals surface area contributed by atoms with Crippen LogP contribution in [-0.4, -0.2) is 41.1 Å². The standard InChI is InChI=1S/C14H18N2O5S/c15-13(21)12-8-3-1-2-4-9(8)22-14(12)16(7-11(19)20)6-5-10(17)18/h1-7H2,(H2,15,21)(H,17,18)(H,19,20). The average Bonchev–Trinajstić information content (AvgIpc) is 2.82. The lowest BCUT2D eigenvalue weighted by Gasteiger charge is -2.21. The maximum Gasteiger partial charge on any atom is 0.323 e. The van der Waals surface area contributed by atoms with Crippen molar-refractivity contribution < 1.29 is 24.6 Å². The number of nitrogens with two attached hydrogens (primary N) is 1. The molecule has 0 saturated carbocycles. The van der Waals surface area contributed by atoms with Crippen molar-refractivity contribution >= 4 is 34.2 Å². The van der Waals surface area contributed by atoms with Gasteiger partial charge in [0.25, 0.3) is 5.91 Å². The van der Waals surface area contributed by atoms with Gasteiger partial charge in [-0.2, -0.15) is 0 Å². The number of thiophene rings is 1. The molecule has 0 unspecified atom stereocenters. The minimum Gasteiger partial charge on any atom is -0.481 e. The lowest BCUT2D eigenvalue weighted by atomic mass is 9.95.